The molecule has 0 spiro atoms. The molecule has 0 aromatic heterocycles. The Bertz CT molecular complexity index is 346. The van der Waals surface area contributed by atoms with Gasteiger partial charge in [-0.15, -0.1) is 0 Å². The quantitative estimate of drug-likeness (QED) is 0.388. The van der Waals surface area contributed by atoms with Gasteiger partial charge in [-0.3, -0.25) is 4.79 Å². The first-order chi connectivity index (χ1) is 11.7. The number of ether oxygens (including phenoxy) is 1. The van der Waals surface area contributed by atoms with Gasteiger partial charge in [0.25, 0.3) is 0 Å². The largest absolute Gasteiger partial charge is 0.431 e. The molecule has 1 atom stereocenters. The van der Waals surface area contributed by atoms with E-state index in [0.29, 0.717) is 12.3 Å². The van der Waals surface area contributed by atoms with E-state index < -0.39 is 0 Å². The lowest BCUT2D eigenvalue weighted by molar-refractivity contribution is -0.139. The van der Waals surface area contributed by atoms with Gasteiger partial charge in [0.1, 0.15) is 5.76 Å². The molecule has 1 aliphatic carbocycles. The molecule has 0 saturated heterocycles. The smallest absolute Gasteiger partial charge is 0.310 e. The van der Waals surface area contributed by atoms with Gasteiger partial charge in [0.15, 0.2) is 0 Å². The van der Waals surface area contributed by atoms with E-state index in [4.69, 9.17) is 4.74 Å². The minimum Gasteiger partial charge on any atom is -0.431 e. The molecular formula is C22H40O2. The van der Waals surface area contributed by atoms with E-state index in [0.717, 1.165) is 37.9 Å². The molecule has 24 heavy (non-hydrogen) atoms. The maximum absolute atomic E-state index is 12.1. The van der Waals surface area contributed by atoms with Gasteiger partial charge in [0.05, 0.1) is 0 Å². The maximum Gasteiger partial charge on any atom is 0.310 e. The second-order valence-corrected chi connectivity index (χ2v) is 7.62. The highest BCUT2D eigenvalue weighted by molar-refractivity contribution is 5.70. The van der Waals surface area contributed by atoms with Crippen LogP contribution in [0.4, 0.5) is 0 Å². The second kappa shape index (κ2) is 14.5. The van der Waals surface area contributed by atoms with Gasteiger partial charge >= 0.3 is 5.97 Å². The molecule has 1 rings (SSSR count). The maximum atomic E-state index is 12.1. The van der Waals surface area contributed by atoms with Gasteiger partial charge < -0.3 is 4.74 Å². The van der Waals surface area contributed by atoms with Crippen LogP contribution in [0, 0.1) is 5.92 Å². The van der Waals surface area contributed by atoms with Crippen molar-refractivity contribution >= 4 is 5.97 Å². The van der Waals surface area contributed by atoms with Crippen LogP contribution in [0.2, 0.25) is 0 Å². The average molecular weight is 337 g/mol. The van der Waals surface area contributed by atoms with Crippen LogP contribution in [-0.2, 0) is 9.53 Å². The summed E-state index contributed by atoms with van der Waals surface area (Å²) in [6.07, 6.45) is 21.5. The topological polar surface area (TPSA) is 26.3 Å². The van der Waals surface area contributed by atoms with Crippen molar-refractivity contribution in [2.45, 2.75) is 117 Å². The van der Waals surface area contributed by atoms with Crippen LogP contribution in [0.25, 0.3) is 0 Å². The van der Waals surface area contributed by atoms with Crippen molar-refractivity contribution in [1.29, 1.82) is 0 Å². The van der Waals surface area contributed by atoms with Gasteiger partial charge in [0, 0.05) is 12.8 Å². The lowest BCUT2D eigenvalue weighted by atomic mass is 10.0. The van der Waals surface area contributed by atoms with Crippen LogP contribution in [0.1, 0.15) is 117 Å². The normalized spacial score (nSPS) is 24.2. The van der Waals surface area contributed by atoms with Crippen molar-refractivity contribution in [2.75, 3.05) is 0 Å². The van der Waals surface area contributed by atoms with E-state index in [1.807, 2.05) is 0 Å². The Morgan fingerprint density at radius 3 is 2.17 bits per heavy atom. The summed E-state index contributed by atoms with van der Waals surface area (Å²) >= 11 is 0. The first-order valence-electron chi connectivity index (χ1n) is 10.6. The highest BCUT2D eigenvalue weighted by Gasteiger charge is 2.10. The molecule has 1 aliphatic rings. The third-order valence-electron chi connectivity index (χ3n) is 5.03. The van der Waals surface area contributed by atoms with Crippen molar-refractivity contribution in [2.24, 2.45) is 5.92 Å². The molecule has 2 nitrogen and oxygen atoms in total. The van der Waals surface area contributed by atoms with E-state index in [-0.39, 0.29) is 5.97 Å². The monoisotopic (exact) mass is 336 g/mol. The first-order valence-corrected chi connectivity index (χ1v) is 10.6. The van der Waals surface area contributed by atoms with Crippen LogP contribution in [-0.4, -0.2) is 5.97 Å². The van der Waals surface area contributed by atoms with Crippen molar-refractivity contribution in [3.05, 3.63) is 11.8 Å². The molecule has 0 aromatic carbocycles. The Hall–Kier alpha value is -0.790. The zero-order chi connectivity index (χ0) is 17.5. The average Bonchev–Trinajstić information content (AvgIpc) is 2.56. The summed E-state index contributed by atoms with van der Waals surface area (Å²) in [7, 11) is 0. The number of hydrogen-bond acceptors (Lipinski definition) is 2. The summed E-state index contributed by atoms with van der Waals surface area (Å²) in [4.78, 5) is 12.1. The zero-order valence-electron chi connectivity index (χ0n) is 16.3. The molecule has 2 heteroatoms. The fraction of sp³-hybridized carbons (Fsp3) is 0.864. The Morgan fingerprint density at radius 1 is 0.958 bits per heavy atom. The predicted octanol–water partition coefficient (Wildman–Crippen LogP) is 7.32. The number of hydrogen-bond donors (Lipinski definition) is 0. The number of esters is 1. The minimum absolute atomic E-state index is 0.0279. The molecule has 0 N–H and O–H groups in total. The lowest BCUT2D eigenvalue weighted by Crippen LogP contribution is -2.06. The number of carbonyl (C=O) groups is 1. The van der Waals surface area contributed by atoms with Gasteiger partial charge in [-0.05, 0) is 31.3 Å². The van der Waals surface area contributed by atoms with E-state index in [2.05, 4.69) is 19.9 Å². The van der Waals surface area contributed by atoms with Crippen LogP contribution < -0.4 is 0 Å². The van der Waals surface area contributed by atoms with E-state index in [1.165, 1.54) is 64.2 Å². The van der Waals surface area contributed by atoms with Crippen molar-refractivity contribution in [1.82, 2.24) is 0 Å². The van der Waals surface area contributed by atoms with Crippen LogP contribution in [0.15, 0.2) is 11.8 Å². The molecule has 0 saturated carbocycles. The van der Waals surface area contributed by atoms with E-state index >= 15 is 0 Å². The van der Waals surface area contributed by atoms with Crippen LogP contribution in [0.5, 0.6) is 0 Å². The molecule has 1 unspecified atom stereocenters. The van der Waals surface area contributed by atoms with Gasteiger partial charge in [0.2, 0.25) is 0 Å². The molecule has 0 bridgehead atoms. The summed E-state index contributed by atoms with van der Waals surface area (Å²) in [6, 6.07) is 0. The second-order valence-electron chi connectivity index (χ2n) is 7.62. The number of allylic oxidation sites excluding steroid dienone is 2. The van der Waals surface area contributed by atoms with Crippen molar-refractivity contribution in [3.8, 4) is 0 Å². The highest BCUT2D eigenvalue weighted by Crippen LogP contribution is 2.21. The van der Waals surface area contributed by atoms with Gasteiger partial charge in [-0.25, -0.2) is 0 Å². The lowest BCUT2D eigenvalue weighted by Gasteiger charge is -2.12. The summed E-state index contributed by atoms with van der Waals surface area (Å²) in [6.45, 7) is 4.43. The number of rotatable bonds is 5. The molecule has 0 aromatic rings. The fourth-order valence-electron chi connectivity index (χ4n) is 3.47. The van der Waals surface area contributed by atoms with Crippen molar-refractivity contribution < 1.29 is 9.53 Å². The predicted molar refractivity (Wildman–Crippen MR) is 103 cm³/mol. The molecule has 0 aliphatic heterocycles. The summed E-state index contributed by atoms with van der Waals surface area (Å²) in [5.74, 6) is 1.44. The summed E-state index contributed by atoms with van der Waals surface area (Å²) in [5.41, 5.74) is 0. The highest BCUT2D eigenvalue weighted by atomic mass is 16.5. The van der Waals surface area contributed by atoms with Gasteiger partial charge in [-0.1, -0.05) is 84.5 Å². The van der Waals surface area contributed by atoms with Crippen LogP contribution in [0.3, 0.4) is 0 Å². The first kappa shape index (κ1) is 21.3. The molecule has 0 fully saturated rings. The van der Waals surface area contributed by atoms with E-state index in [1.54, 1.807) is 0 Å². The Kier molecular flexibility index (Phi) is 12.9. The molecule has 0 radical (unpaired) electrons. The molecule has 140 valence electrons. The molecular weight excluding hydrogens is 296 g/mol. The number of unbranched alkanes of at least 4 members (excludes halogenated alkanes) is 2. The van der Waals surface area contributed by atoms with Gasteiger partial charge in [-0.2, -0.15) is 0 Å². The number of carbonyl (C=O) groups excluding carboxylic acids is 1. The van der Waals surface area contributed by atoms with Crippen molar-refractivity contribution in [3.63, 3.8) is 0 Å². The summed E-state index contributed by atoms with van der Waals surface area (Å²) < 4.78 is 5.72. The van der Waals surface area contributed by atoms with Crippen LogP contribution >= 0.6 is 0 Å². The Morgan fingerprint density at radius 2 is 1.54 bits per heavy atom. The standard InChI is InChI=1S/C22H40O2/c1-3-4-13-18-22(23)24-21-17-15-12-10-8-6-5-7-9-11-14-16-20(2)19-21/h19-20H,3-18H2,1-2H3/b21-19+. The fourth-order valence-corrected chi connectivity index (χ4v) is 3.47. The third-order valence-corrected chi connectivity index (χ3v) is 5.03. The Balaban J connectivity index is 2.49. The molecule has 0 amide bonds. The van der Waals surface area contributed by atoms with E-state index in [9.17, 15) is 4.79 Å². The Labute approximate surface area is 150 Å². The molecule has 0 heterocycles. The third kappa shape index (κ3) is 11.7. The minimum atomic E-state index is -0.0279. The summed E-state index contributed by atoms with van der Waals surface area (Å²) in [5, 5.41) is 0. The SMILES string of the molecule is CCCCCC(=O)O/C1=C/C(C)CCCCCCCCCCCC1. The zero-order valence-corrected chi connectivity index (χ0v) is 16.3.